The van der Waals surface area contributed by atoms with Crippen molar-refractivity contribution in [2.24, 2.45) is 0 Å². The Balaban J connectivity index is 1.31. The van der Waals surface area contributed by atoms with Gasteiger partial charge >= 0.3 is 0 Å². The minimum absolute atomic E-state index is 0.102. The van der Waals surface area contributed by atoms with E-state index in [0.29, 0.717) is 34.6 Å². The van der Waals surface area contributed by atoms with Crippen molar-refractivity contribution in [1.82, 2.24) is 30.1 Å². The molecule has 5 aromatic rings. The average Bonchev–Trinajstić information content (AvgIpc) is 3.50. The van der Waals surface area contributed by atoms with Crippen LogP contribution in [0.25, 0.3) is 22.5 Å². The number of carbonyl (C=O) groups excluding carboxylic acids is 2. The molecule has 0 unspecified atom stereocenters. The zero-order chi connectivity index (χ0) is 27.6. The molecule has 0 saturated heterocycles. The van der Waals surface area contributed by atoms with Crippen molar-refractivity contribution < 1.29 is 9.59 Å². The van der Waals surface area contributed by atoms with E-state index in [9.17, 15) is 14.4 Å². The van der Waals surface area contributed by atoms with E-state index in [2.05, 4.69) is 20.5 Å². The number of halogens is 1. The van der Waals surface area contributed by atoms with Gasteiger partial charge in [0.1, 0.15) is 12.4 Å². The summed E-state index contributed by atoms with van der Waals surface area (Å²) < 4.78 is 1.49. The molecule has 0 bridgehead atoms. The molecule has 0 aliphatic carbocycles. The van der Waals surface area contributed by atoms with Crippen LogP contribution in [0.4, 0.5) is 0 Å². The molecule has 0 spiro atoms. The van der Waals surface area contributed by atoms with Crippen LogP contribution in [0.3, 0.4) is 0 Å². The average molecular weight is 551 g/mol. The molecule has 1 amide bonds. The van der Waals surface area contributed by atoms with E-state index >= 15 is 0 Å². The molecule has 40 heavy (non-hydrogen) atoms. The lowest BCUT2D eigenvalue weighted by molar-refractivity contribution is -0.136. The number of carbonyl (C=O) groups is 2. The second-order valence-electron chi connectivity index (χ2n) is 9.55. The Kier molecular flexibility index (Phi) is 6.79. The molecule has 3 heterocycles. The minimum Gasteiger partial charge on any atom is -0.329 e. The number of pyridine rings is 1. The topological polar surface area (TPSA) is 114 Å². The third-order valence-electron chi connectivity index (χ3n) is 7.08. The number of hydrogen-bond donors (Lipinski definition) is 1. The van der Waals surface area contributed by atoms with Crippen LogP contribution in [0.2, 0.25) is 5.02 Å². The van der Waals surface area contributed by atoms with E-state index in [0.717, 1.165) is 22.1 Å². The summed E-state index contributed by atoms with van der Waals surface area (Å²) in [6.45, 7) is 0.402. The minimum atomic E-state index is -0.740. The Morgan fingerprint density at radius 2 is 1.95 bits per heavy atom. The van der Waals surface area contributed by atoms with E-state index < -0.39 is 6.04 Å². The van der Waals surface area contributed by atoms with Crippen molar-refractivity contribution in [3.8, 4) is 5.69 Å². The molecule has 1 N–H and O–H groups in total. The molecular weight excluding hydrogens is 528 g/mol. The molecule has 0 radical (unpaired) electrons. The van der Waals surface area contributed by atoms with Gasteiger partial charge in [0, 0.05) is 41.2 Å². The number of amides is 1. The van der Waals surface area contributed by atoms with Crippen LogP contribution < -0.4 is 5.56 Å². The number of tetrazole rings is 1. The number of ketones is 1. The van der Waals surface area contributed by atoms with E-state index in [1.165, 1.54) is 17.1 Å². The van der Waals surface area contributed by atoms with E-state index in [1.54, 1.807) is 53.6 Å². The first-order chi connectivity index (χ1) is 19.5. The van der Waals surface area contributed by atoms with Gasteiger partial charge in [0.2, 0.25) is 5.91 Å². The van der Waals surface area contributed by atoms with Gasteiger partial charge < -0.3 is 9.88 Å². The lowest BCUT2D eigenvalue weighted by Crippen LogP contribution is -2.43. The number of nitrogens with one attached hydrogen (secondary N) is 1. The van der Waals surface area contributed by atoms with Crippen molar-refractivity contribution >= 4 is 40.1 Å². The smallest absolute Gasteiger partial charge is 0.255 e. The van der Waals surface area contributed by atoms with Crippen LogP contribution in [0.15, 0.2) is 90.1 Å². The Hall–Kier alpha value is -4.89. The van der Waals surface area contributed by atoms with Crippen LogP contribution in [-0.2, 0) is 22.4 Å². The Labute approximate surface area is 233 Å². The summed E-state index contributed by atoms with van der Waals surface area (Å²) in [6.07, 6.45) is 6.93. The molecule has 0 fully saturated rings. The molecule has 2 aromatic heterocycles. The van der Waals surface area contributed by atoms with Crippen molar-refractivity contribution in [2.75, 3.05) is 6.54 Å². The number of aromatic amines is 1. The van der Waals surface area contributed by atoms with Crippen molar-refractivity contribution in [3.05, 3.63) is 123 Å². The predicted molar refractivity (Wildman–Crippen MR) is 151 cm³/mol. The molecule has 0 saturated carbocycles. The van der Waals surface area contributed by atoms with Gasteiger partial charge in [0.15, 0.2) is 5.78 Å². The maximum Gasteiger partial charge on any atom is 0.255 e. The molecule has 1 aliphatic heterocycles. The highest BCUT2D eigenvalue weighted by Crippen LogP contribution is 2.32. The fourth-order valence-electron chi connectivity index (χ4n) is 5.20. The summed E-state index contributed by atoms with van der Waals surface area (Å²) in [5, 5.41) is 13.1. The second-order valence-corrected chi connectivity index (χ2v) is 9.98. The summed E-state index contributed by atoms with van der Waals surface area (Å²) in [5.74, 6) is -0.393. The SMILES string of the molecule is O=C(Cc1ccc2c(=O)[nH]ccc2c1)[C@@H]1c2ccccc2CCN1C(=O)/C=C/c1cc(Cl)ccc1-n1cnnn1. The van der Waals surface area contributed by atoms with Gasteiger partial charge in [0.05, 0.1) is 5.69 Å². The monoisotopic (exact) mass is 550 g/mol. The van der Waals surface area contributed by atoms with E-state index in [4.69, 9.17) is 11.6 Å². The molecule has 198 valence electrons. The third-order valence-corrected chi connectivity index (χ3v) is 7.31. The lowest BCUT2D eigenvalue weighted by Gasteiger charge is -2.36. The highest BCUT2D eigenvalue weighted by atomic mass is 35.5. The molecule has 10 heteroatoms. The molecule has 1 atom stereocenters. The molecule has 1 aliphatic rings. The largest absolute Gasteiger partial charge is 0.329 e. The molecule has 3 aromatic carbocycles. The number of hydrogen-bond acceptors (Lipinski definition) is 6. The number of rotatable bonds is 6. The Bertz CT molecular complexity index is 1830. The number of fused-ring (bicyclic) bond motifs is 2. The highest BCUT2D eigenvalue weighted by molar-refractivity contribution is 6.30. The summed E-state index contributed by atoms with van der Waals surface area (Å²) in [4.78, 5) is 43.8. The zero-order valence-electron chi connectivity index (χ0n) is 21.2. The van der Waals surface area contributed by atoms with E-state index in [-0.39, 0.29) is 23.7 Å². The van der Waals surface area contributed by atoms with Crippen LogP contribution in [0, 0.1) is 0 Å². The van der Waals surface area contributed by atoms with Crippen LogP contribution in [0.5, 0.6) is 0 Å². The van der Waals surface area contributed by atoms with Crippen LogP contribution >= 0.6 is 11.6 Å². The van der Waals surface area contributed by atoms with Crippen LogP contribution in [-0.4, -0.2) is 48.3 Å². The summed E-state index contributed by atoms with van der Waals surface area (Å²) >= 11 is 6.23. The maximum absolute atomic E-state index is 13.8. The van der Waals surface area contributed by atoms with E-state index in [1.807, 2.05) is 30.3 Å². The molecular formula is C30H23ClN6O3. The van der Waals surface area contributed by atoms with Gasteiger partial charge in [-0.15, -0.1) is 5.10 Å². The van der Waals surface area contributed by atoms with Gasteiger partial charge in [-0.05, 0) is 75.3 Å². The normalized spacial score (nSPS) is 14.9. The first-order valence-corrected chi connectivity index (χ1v) is 13.1. The number of nitrogens with zero attached hydrogens (tertiary/aromatic N) is 5. The van der Waals surface area contributed by atoms with Gasteiger partial charge in [0.25, 0.3) is 5.56 Å². The first kappa shape index (κ1) is 25.4. The second kappa shape index (κ2) is 10.7. The summed E-state index contributed by atoms with van der Waals surface area (Å²) in [6, 6.07) is 19.4. The van der Waals surface area contributed by atoms with Crippen LogP contribution in [0.1, 0.15) is 28.3 Å². The quantitative estimate of drug-likeness (QED) is 0.318. The van der Waals surface area contributed by atoms with Crippen molar-refractivity contribution in [2.45, 2.75) is 18.9 Å². The van der Waals surface area contributed by atoms with Gasteiger partial charge in [-0.2, -0.15) is 4.68 Å². The number of Topliss-reactive ketones (excluding diaryl/α,β-unsaturated/α-hetero) is 1. The van der Waals surface area contributed by atoms with Crippen molar-refractivity contribution in [1.29, 1.82) is 0 Å². The summed E-state index contributed by atoms with van der Waals surface area (Å²) in [7, 11) is 0. The highest BCUT2D eigenvalue weighted by Gasteiger charge is 2.34. The fourth-order valence-corrected chi connectivity index (χ4v) is 5.38. The fraction of sp³-hybridized carbons (Fsp3) is 0.133. The third kappa shape index (κ3) is 4.94. The zero-order valence-corrected chi connectivity index (χ0v) is 22.0. The lowest BCUT2D eigenvalue weighted by atomic mass is 9.88. The van der Waals surface area contributed by atoms with Gasteiger partial charge in [-0.25, -0.2) is 0 Å². The Morgan fingerprint density at radius 3 is 2.80 bits per heavy atom. The maximum atomic E-state index is 13.8. The predicted octanol–water partition coefficient (Wildman–Crippen LogP) is 4.11. The van der Waals surface area contributed by atoms with Gasteiger partial charge in [-0.3, -0.25) is 14.4 Å². The number of aromatic nitrogens is 5. The molecule has 9 nitrogen and oxygen atoms in total. The van der Waals surface area contributed by atoms with Crippen molar-refractivity contribution in [3.63, 3.8) is 0 Å². The standard InChI is InChI=1S/C30H23ClN6O3/c31-23-7-9-26(37-18-33-34-35-37)22(17-23)6-10-28(39)36-14-12-20-3-1-2-4-24(20)29(36)27(38)16-19-5-8-25-21(15-19)11-13-32-30(25)40/h1-11,13,15,17-18,29H,12,14,16H2,(H,32,40)/b10-6+/t29-/m0/s1. The first-order valence-electron chi connectivity index (χ1n) is 12.7. The van der Waals surface area contributed by atoms with Gasteiger partial charge in [-0.1, -0.05) is 48.0 Å². The summed E-state index contributed by atoms with van der Waals surface area (Å²) in [5.41, 5.74) is 3.79. The Morgan fingerprint density at radius 1 is 1.07 bits per heavy atom. The number of benzene rings is 3. The number of H-pyrrole nitrogens is 1. The molecule has 6 rings (SSSR count).